The molecule has 0 bridgehead atoms. The molecule has 5 aromatic rings. The van der Waals surface area contributed by atoms with E-state index in [2.05, 4.69) is 62.8 Å². The van der Waals surface area contributed by atoms with Gasteiger partial charge in [-0.15, -0.1) is 0 Å². The zero-order valence-electron chi connectivity index (χ0n) is 30.6. The van der Waals surface area contributed by atoms with Crippen LogP contribution in [0.1, 0.15) is 66.2 Å². The van der Waals surface area contributed by atoms with Crippen molar-refractivity contribution in [1.82, 2.24) is 34.3 Å². The number of likely N-dealkylation sites (tertiary alicyclic amines) is 1. The number of aromatic nitrogens is 5. The van der Waals surface area contributed by atoms with E-state index in [1.54, 1.807) is 21.1 Å². The van der Waals surface area contributed by atoms with E-state index in [1.807, 2.05) is 19.1 Å². The van der Waals surface area contributed by atoms with Crippen LogP contribution in [0.5, 0.6) is 5.88 Å². The van der Waals surface area contributed by atoms with Gasteiger partial charge >= 0.3 is 5.69 Å². The number of hydrogen-bond acceptors (Lipinski definition) is 9. The lowest BCUT2D eigenvalue weighted by atomic mass is 9.88. The number of methoxy groups -OCH3 is 1. The predicted molar refractivity (Wildman–Crippen MR) is 201 cm³/mol. The Balaban J connectivity index is 1.13. The number of nitrogens with zero attached hydrogens (tertiary/aromatic N) is 6. The van der Waals surface area contributed by atoms with Gasteiger partial charge in [-0.25, -0.2) is 19.7 Å². The van der Waals surface area contributed by atoms with E-state index in [9.17, 15) is 14.4 Å². The zero-order chi connectivity index (χ0) is 36.5. The quantitative estimate of drug-likeness (QED) is 0.246. The van der Waals surface area contributed by atoms with Crippen molar-refractivity contribution >= 4 is 28.4 Å². The molecule has 5 heterocycles. The fraction of sp³-hybridized carbons (Fsp3) is 0.400. The van der Waals surface area contributed by atoms with Crippen LogP contribution in [0, 0.1) is 20.8 Å². The highest BCUT2D eigenvalue weighted by molar-refractivity contribution is 5.90. The number of amides is 1. The number of benzene rings is 2. The third kappa shape index (κ3) is 5.47. The second kappa shape index (κ2) is 12.7. The minimum Gasteiger partial charge on any atom is -0.481 e. The number of ether oxygens (including phenoxy) is 1. The lowest BCUT2D eigenvalue weighted by molar-refractivity contribution is -0.125. The Labute approximate surface area is 301 Å². The summed E-state index contributed by atoms with van der Waals surface area (Å²) in [6.45, 7) is 7.74. The molecular weight excluding hydrogens is 656 g/mol. The van der Waals surface area contributed by atoms with Crippen molar-refractivity contribution < 1.29 is 9.53 Å². The lowest BCUT2D eigenvalue weighted by Gasteiger charge is -2.35. The molecule has 2 saturated heterocycles. The molecule has 2 N–H and O–H groups in total. The Hall–Kier alpha value is -5.36. The second-order valence-electron chi connectivity index (χ2n) is 14.7. The summed E-state index contributed by atoms with van der Waals surface area (Å²) < 4.78 is 8.46. The molecule has 0 unspecified atom stereocenters. The van der Waals surface area contributed by atoms with Gasteiger partial charge in [-0.3, -0.25) is 23.6 Å². The number of anilines is 2. The van der Waals surface area contributed by atoms with Gasteiger partial charge in [-0.1, -0.05) is 30.3 Å². The molecule has 2 fully saturated rings. The van der Waals surface area contributed by atoms with Gasteiger partial charge in [0.15, 0.2) is 5.65 Å². The van der Waals surface area contributed by atoms with Crippen molar-refractivity contribution in [1.29, 1.82) is 0 Å². The number of aryl methyl sites for hydroxylation is 3. The van der Waals surface area contributed by atoms with Crippen LogP contribution in [0.2, 0.25) is 0 Å². The first-order chi connectivity index (χ1) is 25.0. The summed E-state index contributed by atoms with van der Waals surface area (Å²) in [6.07, 6.45) is 5.55. The monoisotopic (exact) mass is 700 g/mol. The van der Waals surface area contributed by atoms with Crippen molar-refractivity contribution in [3.63, 3.8) is 0 Å². The van der Waals surface area contributed by atoms with E-state index in [0.29, 0.717) is 23.9 Å². The molecule has 268 valence electrons. The van der Waals surface area contributed by atoms with E-state index in [1.165, 1.54) is 22.7 Å². The number of hydrogen-bond donors (Lipinski definition) is 2. The van der Waals surface area contributed by atoms with E-state index >= 15 is 0 Å². The topological polar surface area (TPSA) is 136 Å². The van der Waals surface area contributed by atoms with Crippen molar-refractivity contribution in [2.45, 2.75) is 70.9 Å². The molecular formula is C40H44N8O4. The molecule has 12 heteroatoms. The standard InChI is InChI=1S/C40H44N8O4/c1-22-26(27-11-8-13-29(23(27)2)43-35-34-36(42-24(3)41-35)46(4)39(51)47(5)38(34)50)10-7-12-28(22)30-20-25-15-16-31(33(25)37(44-30)52-6)48-19-18-40(21-48)17-9-14-32(49)45-40/h7-8,10-13,20,31H,9,14-19,21H2,1-6H3,(H,45,49)(H,41,42,43)/t31-,40-/m0/s1. The maximum atomic E-state index is 13.3. The Kier molecular flexibility index (Phi) is 8.24. The molecule has 2 atom stereocenters. The molecule has 1 amide bonds. The summed E-state index contributed by atoms with van der Waals surface area (Å²) in [6, 6.07) is 14.8. The highest BCUT2D eigenvalue weighted by Gasteiger charge is 2.45. The molecule has 8 rings (SSSR count). The molecule has 3 aromatic heterocycles. The second-order valence-corrected chi connectivity index (χ2v) is 14.7. The van der Waals surface area contributed by atoms with Crippen molar-refractivity contribution in [3.05, 3.63) is 91.4 Å². The third-order valence-corrected chi connectivity index (χ3v) is 11.5. The van der Waals surface area contributed by atoms with Crippen LogP contribution in [0.15, 0.2) is 52.1 Å². The molecule has 2 aromatic carbocycles. The highest BCUT2D eigenvalue weighted by atomic mass is 16.5. The van der Waals surface area contributed by atoms with E-state index in [4.69, 9.17) is 9.72 Å². The fourth-order valence-electron chi connectivity index (χ4n) is 8.78. The third-order valence-electron chi connectivity index (χ3n) is 11.5. The summed E-state index contributed by atoms with van der Waals surface area (Å²) >= 11 is 0. The molecule has 0 radical (unpaired) electrons. The number of fused-ring (bicyclic) bond motifs is 2. The van der Waals surface area contributed by atoms with E-state index in [-0.39, 0.29) is 28.5 Å². The van der Waals surface area contributed by atoms with Crippen molar-refractivity contribution in [2.24, 2.45) is 14.1 Å². The van der Waals surface area contributed by atoms with Crippen molar-refractivity contribution in [3.8, 4) is 28.3 Å². The molecule has 52 heavy (non-hydrogen) atoms. The van der Waals surface area contributed by atoms with Gasteiger partial charge in [0, 0.05) is 56.5 Å². The van der Waals surface area contributed by atoms with Gasteiger partial charge < -0.3 is 15.4 Å². The van der Waals surface area contributed by atoms with Crippen LogP contribution < -0.4 is 26.6 Å². The predicted octanol–water partition coefficient (Wildman–Crippen LogP) is 5.17. The first-order valence-electron chi connectivity index (χ1n) is 18.0. The number of piperidine rings is 1. The number of rotatable bonds is 6. The largest absolute Gasteiger partial charge is 0.481 e. The Morgan fingerprint density at radius 2 is 1.65 bits per heavy atom. The first-order valence-corrected chi connectivity index (χ1v) is 18.0. The molecule has 3 aliphatic rings. The zero-order valence-corrected chi connectivity index (χ0v) is 30.6. The van der Waals surface area contributed by atoms with E-state index in [0.717, 1.165) is 89.0 Å². The SMILES string of the molecule is COc1nc(-c2cccc(-c3cccc(Nc4nc(C)nc5c4c(=O)n(C)c(=O)n5C)c3C)c2C)cc2c1[C@@H](N1CC[C@@]3(CCCC(=O)N3)C1)CC2. The lowest BCUT2D eigenvalue weighted by Crippen LogP contribution is -2.53. The van der Waals surface area contributed by atoms with Crippen molar-refractivity contribution in [2.75, 3.05) is 25.5 Å². The maximum absolute atomic E-state index is 13.3. The maximum Gasteiger partial charge on any atom is 0.332 e. The van der Waals surface area contributed by atoms with Gasteiger partial charge in [0.1, 0.15) is 17.0 Å². The summed E-state index contributed by atoms with van der Waals surface area (Å²) in [5.41, 5.74) is 8.59. The van der Waals surface area contributed by atoms with Crippen LogP contribution >= 0.6 is 0 Å². The van der Waals surface area contributed by atoms with Crippen LogP contribution in [0.25, 0.3) is 33.4 Å². The number of carbonyl (C=O) groups is 1. The Morgan fingerprint density at radius 3 is 2.42 bits per heavy atom. The summed E-state index contributed by atoms with van der Waals surface area (Å²) in [7, 11) is 4.77. The van der Waals surface area contributed by atoms with Gasteiger partial charge in [0.2, 0.25) is 11.8 Å². The summed E-state index contributed by atoms with van der Waals surface area (Å²) in [5, 5.41) is 6.99. The first kappa shape index (κ1) is 33.8. The molecule has 1 aliphatic carbocycles. The average molecular weight is 701 g/mol. The highest BCUT2D eigenvalue weighted by Crippen LogP contribution is 2.46. The summed E-state index contributed by atoms with van der Waals surface area (Å²) in [4.78, 5) is 54.9. The van der Waals surface area contributed by atoms with E-state index < -0.39 is 11.2 Å². The number of carbonyl (C=O) groups excluding carboxylic acids is 1. The van der Waals surface area contributed by atoms with Gasteiger partial charge in [-0.05, 0) is 92.8 Å². The average Bonchev–Trinajstić information content (AvgIpc) is 3.74. The molecule has 0 saturated carbocycles. The smallest absolute Gasteiger partial charge is 0.332 e. The number of pyridine rings is 1. The van der Waals surface area contributed by atoms with Crippen LogP contribution in [-0.4, -0.2) is 60.6 Å². The minimum atomic E-state index is -0.455. The Bertz CT molecular complexity index is 2420. The minimum absolute atomic E-state index is 0.111. The van der Waals surface area contributed by atoms with Crippen LogP contribution in [0.3, 0.4) is 0 Å². The van der Waals surface area contributed by atoms with Gasteiger partial charge in [0.25, 0.3) is 5.56 Å². The number of nitrogens with one attached hydrogen (secondary N) is 2. The van der Waals surface area contributed by atoms with Gasteiger partial charge in [0.05, 0.1) is 18.3 Å². The fourth-order valence-corrected chi connectivity index (χ4v) is 8.78. The Morgan fingerprint density at radius 1 is 0.904 bits per heavy atom. The molecule has 1 spiro atoms. The van der Waals surface area contributed by atoms with Gasteiger partial charge in [-0.2, -0.15) is 0 Å². The molecule has 12 nitrogen and oxygen atoms in total. The van der Waals surface area contributed by atoms with Crippen LogP contribution in [0.4, 0.5) is 11.5 Å². The molecule has 2 aliphatic heterocycles. The summed E-state index contributed by atoms with van der Waals surface area (Å²) in [5.74, 6) is 1.65. The normalized spacial score (nSPS) is 20.0. The van der Waals surface area contributed by atoms with Crippen LogP contribution in [-0.2, 0) is 25.3 Å².